The fourth-order valence-corrected chi connectivity index (χ4v) is 5.17. The van der Waals surface area contributed by atoms with Crippen molar-refractivity contribution in [3.05, 3.63) is 99.2 Å². The molecule has 0 radical (unpaired) electrons. The number of hydrogen-bond acceptors (Lipinski definition) is 8. The summed E-state index contributed by atoms with van der Waals surface area (Å²) in [5.74, 6) is -0.983. The summed E-state index contributed by atoms with van der Waals surface area (Å²) in [5.41, 5.74) is 3.24. The lowest BCUT2D eigenvalue weighted by molar-refractivity contribution is 0.140. The summed E-state index contributed by atoms with van der Waals surface area (Å²) in [6.45, 7) is 9.02. The maximum atomic E-state index is 14.5. The van der Waals surface area contributed by atoms with Crippen LogP contribution in [0.5, 0.6) is 0 Å². The second kappa shape index (κ2) is 16.1. The van der Waals surface area contributed by atoms with Crippen LogP contribution in [0.25, 0.3) is 0 Å². The molecule has 1 fully saturated rings. The zero-order valence-electron chi connectivity index (χ0n) is 25.8. The van der Waals surface area contributed by atoms with E-state index >= 15 is 0 Å². The quantitative estimate of drug-likeness (QED) is 0.403. The molecular formula is C31H37F3N8O2S. The van der Waals surface area contributed by atoms with Gasteiger partial charge < -0.3 is 19.7 Å². The van der Waals surface area contributed by atoms with E-state index in [0.717, 1.165) is 43.6 Å². The highest BCUT2D eigenvalue weighted by atomic mass is 32.2. The van der Waals surface area contributed by atoms with Crippen LogP contribution in [-0.2, 0) is 18.0 Å². The summed E-state index contributed by atoms with van der Waals surface area (Å²) in [6.07, 6.45) is 1.48. The zero-order chi connectivity index (χ0) is 33.3. The Labute approximate surface area is 263 Å². The van der Waals surface area contributed by atoms with Crippen LogP contribution in [0, 0.1) is 31.0 Å². The molecule has 0 spiro atoms. The van der Waals surface area contributed by atoms with Crippen LogP contribution < -0.4 is 20.9 Å². The molecule has 3 aromatic rings. The predicted molar refractivity (Wildman–Crippen MR) is 169 cm³/mol. The number of likely N-dealkylation sites (N-methyl/N-ethyl adjacent to an activating group) is 1. The molecule has 0 saturated carbocycles. The Bertz CT molecular complexity index is 1630. The molecule has 0 amide bonds. The number of aromatic nitrogens is 3. The molecule has 45 heavy (non-hydrogen) atoms. The zero-order valence-corrected chi connectivity index (χ0v) is 26.6. The number of alkyl halides is 2. The van der Waals surface area contributed by atoms with Gasteiger partial charge in [0, 0.05) is 51.0 Å². The number of piperazine rings is 1. The van der Waals surface area contributed by atoms with Gasteiger partial charge in [0.05, 0.1) is 40.3 Å². The molecule has 1 saturated heterocycles. The highest BCUT2D eigenvalue weighted by Gasteiger charge is 2.17. The number of hydrogen-bond donors (Lipinski definition) is 2. The van der Waals surface area contributed by atoms with Crippen LogP contribution in [0.4, 0.5) is 24.5 Å². The first-order valence-electron chi connectivity index (χ1n) is 14.0. The summed E-state index contributed by atoms with van der Waals surface area (Å²) in [5, 5.41) is 17.8. The van der Waals surface area contributed by atoms with Crippen LogP contribution in [-0.4, -0.2) is 56.9 Å². The Morgan fingerprint density at radius 3 is 2.27 bits per heavy atom. The van der Waals surface area contributed by atoms with Gasteiger partial charge in [0.15, 0.2) is 5.82 Å². The van der Waals surface area contributed by atoms with E-state index in [1.165, 1.54) is 36.1 Å². The van der Waals surface area contributed by atoms with E-state index in [0.29, 0.717) is 22.4 Å². The number of rotatable bonds is 6. The molecular weight excluding hydrogens is 605 g/mol. The molecule has 1 aliphatic rings. The van der Waals surface area contributed by atoms with Gasteiger partial charge in [-0.15, -0.1) is 0 Å². The average Bonchev–Trinajstić information content (AvgIpc) is 3.00. The molecule has 1 unspecified atom stereocenters. The van der Waals surface area contributed by atoms with E-state index in [4.69, 9.17) is 10.4 Å². The first-order valence-corrected chi connectivity index (χ1v) is 15.2. The highest BCUT2D eigenvalue weighted by molar-refractivity contribution is 7.82. The van der Waals surface area contributed by atoms with Crippen LogP contribution in [0.3, 0.4) is 0 Å². The van der Waals surface area contributed by atoms with Gasteiger partial charge in [0.2, 0.25) is 0 Å². The van der Waals surface area contributed by atoms with E-state index in [1.807, 2.05) is 19.9 Å². The van der Waals surface area contributed by atoms with Crippen molar-refractivity contribution in [2.24, 2.45) is 12.2 Å². The number of nitriles is 1. The Morgan fingerprint density at radius 1 is 1.04 bits per heavy atom. The summed E-state index contributed by atoms with van der Waals surface area (Å²) in [7, 11) is 1.76. The van der Waals surface area contributed by atoms with Gasteiger partial charge in [-0.2, -0.15) is 5.26 Å². The van der Waals surface area contributed by atoms with Crippen molar-refractivity contribution < 1.29 is 17.4 Å². The van der Waals surface area contributed by atoms with Crippen molar-refractivity contribution in [1.29, 1.82) is 5.26 Å². The molecule has 3 heterocycles. The molecule has 10 nitrogen and oxygen atoms in total. The third-order valence-corrected chi connectivity index (χ3v) is 7.81. The van der Waals surface area contributed by atoms with Gasteiger partial charge in [-0.3, -0.25) is 4.79 Å². The summed E-state index contributed by atoms with van der Waals surface area (Å²) < 4.78 is 52.1. The van der Waals surface area contributed by atoms with Crippen molar-refractivity contribution in [3.63, 3.8) is 0 Å². The summed E-state index contributed by atoms with van der Waals surface area (Å²) >= 11 is 0. The maximum absolute atomic E-state index is 14.5. The van der Waals surface area contributed by atoms with Gasteiger partial charge >= 0.3 is 0 Å². The third-order valence-electron chi connectivity index (χ3n) is 7.04. The Hall–Kier alpha value is -4.32. The molecule has 14 heteroatoms. The maximum Gasteiger partial charge on any atom is 0.297 e. The number of nitrogens with one attached hydrogen (secondary N) is 1. The van der Waals surface area contributed by atoms with Crippen molar-refractivity contribution in [2.45, 2.75) is 38.1 Å². The van der Waals surface area contributed by atoms with Crippen LogP contribution in [0.1, 0.15) is 47.5 Å². The predicted octanol–water partition coefficient (Wildman–Crippen LogP) is 4.46. The Kier molecular flexibility index (Phi) is 12.6. The van der Waals surface area contributed by atoms with Gasteiger partial charge in [0.1, 0.15) is 16.8 Å². The average molecular weight is 643 g/mol. The molecule has 1 aromatic carbocycles. The Morgan fingerprint density at radius 2 is 1.69 bits per heavy atom. The van der Waals surface area contributed by atoms with E-state index in [-0.39, 0.29) is 16.5 Å². The lowest BCUT2D eigenvalue weighted by atomic mass is 10.1. The third kappa shape index (κ3) is 10.1. The van der Waals surface area contributed by atoms with E-state index in [9.17, 15) is 22.2 Å². The van der Waals surface area contributed by atoms with Crippen LogP contribution >= 0.6 is 0 Å². The lowest BCUT2D eigenvalue weighted by Crippen LogP contribution is -2.44. The fourth-order valence-electron chi connectivity index (χ4n) is 4.58. The van der Waals surface area contributed by atoms with E-state index < -0.39 is 29.1 Å². The SMILES string of the molecule is CN1CCN(c2cnc(C(F)F)nc2)CC1.Cc1cc([C@@H](C)Nc2ccc(C#N)cc2S(N)=O)cc(F)cn(C)c(=O)c(C)c1. The van der Waals surface area contributed by atoms with Crippen molar-refractivity contribution >= 4 is 22.4 Å². The molecule has 2 atom stereocenters. The molecule has 4 rings (SSSR count). The first-order chi connectivity index (χ1) is 21.3. The summed E-state index contributed by atoms with van der Waals surface area (Å²) in [6, 6.07) is 11.1. The van der Waals surface area contributed by atoms with Crippen molar-refractivity contribution in [2.75, 3.05) is 43.4 Å². The first kappa shape index (κ1) is 35.2. The minimum atomic E-state index is -2.60. The fraction of sp³-hybridized carbons (Fsp3) is 0.355. The number of nitrogens with zero attached hydrogens (tertiary/aromatic N) is 6. The number of benzene rings is 1. The van der Waals surface area contributed by atoms with Gasteiger partial charge in [-0.1, -0.05) is 17.7 Å². The molecule has 2 aromatic heterocycles. The second-order valence-corrected chi connectivity index (χ2v) is 11.7. The highest BCUT2D eigenvalue weighted by Crippen LogP contribution is 2.25. The number of halogens is 3. The molecule has 240 valence electrons. The van der Waals surface area contributed by atoms with Crippen LogP contribution in [0.2, 0.25) is 0 Å². The number of nitrogens with two attached hydrogens (primary N) is 1. The van der Waals surface area contributed by atoms with Gasteiger partial charge in [0.25, 0.3) is 12.0 Å². The van der Waals surface area contributed by atoms with Crippen LogP contribution in [0.15, 0.2) is 64.7 Å². The topological polar surface area (TPSA) is 133 Å². The van der Waals surface area contributed by atoms with Gasteiger partial charge in [-0.05, 0) is 57.6 Å². The largest absolute Gasteiger partial charge is 0.377 e. The van der Waals surface area contributed by atoms with Crippen molar-refractivity contribution in [1.82, 2.24) is 19.4 Å². The minimum absolute atomic E-state index is 0.286. The Balaban J connectivity index is 0.000000289. The lowest BCUT2D eigenvalue weighted by Gasteiger charge is -2.33. The number of anilines is 2. The standard InChI is InChI=1S/C21H23FN4O2S.C10H14F2N4/c1-13-7-14(2)21(27)26(4)12-18(22)10-17(8-13)15(3)25-19-6-5-16(11-23)9-20(19)29(24)28;1-15-2-4-16(5-3-15)8-6-13-10(9(11)12)14-7-8/h5-10,12,15,25H,24H2,1-4H3;6-7,9H,2-5H2,1H3/t15-,29?;/m1./s1. The molecule has 0 bridgehead atoms. The van der Waals surface area contributed by atoms with E-state index in [1.54, 1.807) is 31.2 Å². The van der Waals surface area contributed by atoms with Crippen molar-refractivity contribution in [3.8, 4) is 6.07 Å². The monoisotopic (exact) mass is 642 g/mol. The smallest absolute Gasteiger partial charge is 0.297 e. The number of aryl methyl sites for hydroxylation is 3. The second-order valence-electron chi connectivity index (χ2n) is 10.7. The molecule has 0 aliphatic carbocycles. The molecule has 3 N–H and O–H groups in total. The molecule has 1 aliphatic heterocycles. The normalized spacial score (nSPS) is 14.5. The summed E-state index contributed by atoms with van der Waals surface area (Å²) in [4.78, 5) is 24.1. The van der Waals surface area contributed by atoms with E-state index in [2.05, 4.69) is 32.1 Å². The van der Waals surface area contributed by atoms with Gasteiger partial charge in [-0.25, -0.2) is 32.5 Å². The minimum Gasteiger partial charge on any atom is -0.377 e.